The van der Waals surface area contributed by atoms with E-state index >= 15 is 0 Å². The number of amides is 2. The van der Waals surface area contributed by atoms with Gasteiger partial charge in [0.2, 0.25) is 5.91 Å². The van der Waals surface area contributed by atoms with Gasteiger partial charge in [-0.05, 0) is 48.0 Å². The minimum atomic E-state index is -0.201. The van der Waals surface area contributed by atoms with E-state index in [0.717, 1.165) is 0 Å². The fourth-order valence-electron chi connectivity index (χ4n) is 1.83. The summed E-state index contributed by atoms with van der Waals surface area (Å²) in [5.41, 5.74) is 0.507. The summed E-state index contributed by atoms with van der Waals surface area (Å²) in [5.74, 6) is -0.253. The normalized spacial score (nSPS) is 10.2. The number of rotatable bonds is 5. The lowest BCUT2D eigenvalue weighted by Crippen LogP contribution is -2.41. The van der Waals surface area contributed by atoms with E-state index in [1.165, 1.54) is 4.90 Å². The molecular weight excluding hydrogens is 340 g/mol. The van der Waals surface area contributed by atoms with Gasteiger partial charge in [0.15, 0.2) is 0 Å². The minimum Gasteiger partial charge on any atom is -0.342 e. The van der Waals surface area contributed by atoms with Gasteiger partial charge in [-0.3, -0.25) is 9.59 Å². The van der Waals surface area contributed by atoms with Gasteiger partial charge in [0, 0.05) is 29.5 Å². The molecule has 20 heavy (non-hydrogen) atoms. The van der Waals surface area contributed by atoms with Crippen molar-refractivity contribution in [1.82, 2.24) is 9.80 Å². The van der Waals surface area contributed by atoms with Crippen LogP contribution in [0.2, 0.25) is 0 Å². The fraction of sp³-hybridized carbons (Fsp3) is 0.429. The zero-order valence-electron chi connectivity index (χ0n) is 11.9. The fourth-order valence-corrected chi connectivity index (χ4v) is 2.45. The first-order chi connectivity index (χ1) is 9.40. The molecule has 0 aliphatic heterocycles. The molecule has 0 aliphatic carbocycles. The molecule has 6 heteroatoms. The van der Waals surface area contributed by atoms with E-state index in [1.807, 2.05) is 13.8 Å². The average Bonchev–Trinajstić information content (AvgIpc) is 2.42. The van der Waals surface area contributed by atoms with Crippen molar-refractivity contribution in [2.75, 3.05) is 26.7 Å². The molecule has 0 unspecified atom stereocenters. The van der Waals surface area contributed by atoms with Crippen LogP contribution in [0.25, 0.3) is 0 Å². The van der Waals surface area contributed by atoms with Crippen molar-refractivity contribution >= 4 is 40.4 Å². The van der Waals surface area contributed by atoms with Gasteiger partial charge >= 0.3 is 0 Å². The first-order valence-corrected chi connectivity index (χ1v) is 7.66. The number of hydrogen-bond donors (Lipinski definition) is 1. The van der Waals surface area contributed by atoms with E-state index in [2.05, 4.69) is 28.6 Å². The maximum Gasteiger partial charge on any atom is 0.255 e. The molecule has 0 saturated carbocycles. The molecule has 0 fully saturated rings. The number of hydrogen-bond acceptors (Lipinski definition) is 3. The summed E-state index contributed by atoms with van der Waals surface area (Å²) in [6.07, 6.45) is 0. The molecule has 0 heterocycles. The van der Waals surface area contributed by atoms with Crippen LogP contribution in [0.1, 0.15) is 24.2 Å². The number of carbonyl (C=O) groups excluding carboxylic acids is 2. The molecule has 0 radical (unpaired) electrons. The zero-order valence-corrected chi connectivity index (χ0v) is 14.4. The first-order valence-electron chi connectivity index (χ1n) is 6.42. The van der Waals surface area contributed by atoms with Crippen LogP contribution in [0, 0.1) is 0 Å². The Morgan fingerprint density at radius 2 is 1.85 bits per heavy atom. The van der Waals surface area contributed by atoms with Crippen LogP contribution in [-0.4, -0.2) is 48.3 Å². The van der Waals surface area contributed by atoms with Crippen LogP contribution in [0.3, 0.4) is 0 Å². The van der Waals surface area contributed by atoms with Crippen molar-refractivity contribution in [3.8, 4) is 0 Å². The zero-order chi connectivity index (χ0) is 15.3. The molecule has 0 aliphatic rings. The number of thiol groups is 1. The van der Waals surface area contributed by atoms with Crippen molar-refractivity contribution in [2.45, 2.75) is 18.7 Å². The number of carbonyl (C=O) groups is 2. The molecule has 0 N–H and O–H groups in total. The summed E-state index contributed by atoms with van der Waals surface area (Å²) in [6, 6.07) is 5.26. The van der Waals surface area contributed by atoms with E-state index in [1.54, 1.807) is 30.1 Å². The Morgan fingerprint density at radius 3 is 2.40 bits per heavy atom. The van der Waals surface area contributed by atoms with Crippen molar-refractivity contribution in [3.05, 3.63) is 28.2 Å². The second-order valence-corrected chi connectivity index (χ2v) is 5.76. The molecule has 1 aromatic carbocycles. The van der Waals surface area contributed by atoms with Crippen molar-refractivity contribution < 1.29 is 9.59 Å². The topological polar surface area (TPSA) is 40.6 Å². The van der Waals surface area contributed by atoms with Crippen molar-refractivity contribution in [1.29, 1.82) is 0 Å². The smallest absolute Gasteiger partial charge is 0.255 e. The third kappa shape index (κ3) is 4.24. The van der Waals surface area contributed by atoms with Crippen LogP contribution in [0.4, 0.5) is 0 Å². The molecule has 0 atom stereocenters. The Labute approximate surface area is 133 Å². The summed E-state index contributed by atoms with van der Waals surface area (Å²) in [6.45, 7) is 5.21. The maximum absolute atomic E-state index is 12.3. The molecule has 0 aromatic heterocycles. The quantitative estimate of drug-likeness (QED) is 0.822. The summed E-state index contributed by atoms with van der Waals surface area (Å²) >= 11 is 7.58. The second-order valence-electron chi connectivity index (χ2n) is 4.39. The standard InChI is InChI=1S/C14H19BrN2O2S/c1-4-17(5-2)13(18)9-16(3)14(19)11-8-10(20)6-7-12(11)15/h6-8,20H,4-5,9H2,1-3H3. The van der Waals surface area contributed by atoms with Gasteiger partial charge in [0.1, 0.15) is 0 Å². The first kappa shape index (κ1) is 17.0. The number of nitrogens with zero attached hydrogens (tertiary/aromatic N) is 2. The lowest BCUT2D eigenvalue weighted by atomic mass is 10.2. The van der Waals surface area contributed by atoms with Crippen LogP contribution in [-0.2, 0) is 4.79 Å². The van der Waals surface area contributed by atoms with Crippen LogP contribution >= 0.6 is 28.6 Å². The van der Waals surface area contributed by atoms with Gasteiger partial charge in [0.25, 0.3) is 5.91 Å². The van der Waals surface area contributed by atoms with E-state index in [0.29, 0.717) is 28.0 Å². The van der Waals surface area contributed by atoms with Gasteiger partial charge in [-0.25, -0.2) is 0 Å². The molecule has 4 nitrogen and oxygen atoms in total. The summed E-state index contributed by atoms with van der Waals surface area (Å²) in [5, 5.41) is 0. The Balaban J connectivity index is 2.82. The molecule has 2 amide bonds. The highest BCUT2D eigenvalue weighted by molar-refractivity contribution is 9.10. The van der Waals surface area contributed by atoms with Gasteiger partial charge in [-0.1, -0.05) is 0 Å². The largest absolute Gasteiger partial charge is 0.342 e. The van der Waals surface area contributed by atoms with Crippen LogP contribution in [0.15, 0.2) is 27.6 Å². The van der Waals surface area contributed by atoms with Crippen LogP contribution < -0.4 is 0 Å². The van der Waals surface area contributed by atoms with Crippen LogP contribution in [0.5, 0.6) is 0 Å². The van der Waals surface area contributed by atoms with Gasteiger partial charge in [-0.2, -0.15) is 0 Å². The minimum absolute atomic E-state index is 0.0519. The van der Waals surface area contributed by atoms with Gasteiger partial charge in [0.05, 0.1) is 12.1 Å². The SMILES string of the molecule is CCN(CC)C(=O)CN(C)C(=O)c1cc(S)ccc1Br. The molecular formula is C14H19BrN2O2S. The van der Waals surface area contributed by atoms with E-state index in [-0.39, 0.29) is 18.4 Å². The molecule has 1 rings (SSSR count). The molecule has 0 bridgehead atoms. The Kier molecular flexibility index (Phi) is 6.55. The highest BCUT2D eigenvalue weighted by Gasteiger charge is 2.19. The van der Waals surface area contributed by atoms with E-state index in [4.69, 9.17) is 0 Å². The highest BCUT2D eigenvalue weighted by atomic mass is 79.9. The average molecular weight is 359 g/mol. The Morgan fingerprint density at radius 1 is 1.25 bits per heavy atom. The lowest BCUT2D eigenvalue weighted by Gasteiger charge is -2.23. The van der Waals surface area contributed by atoms with Gasteiger partial charge < -0.3 is 9.80 Å². The molecule has 0 spiro atoms. The third-order valence-electron chi connectivity index (χ3n) is 3.02. The lowest BCUT2D eigenvalue weighted by molar-refractivity contribution is -0.131. The Bertz CT molecular complexity index is 504. The maximum atomic E-state index is 12.3. The highest BCUT2D eigenvalue weighted by Crippen LogP contribution is 2.21. The number of halogens is 1. The van der Waals surface area contributed by atoms with Crippen molar-refractivity contribution in [3.63, 3.8) is 0 Å². The molecule has 110 valence electrons. The third-order valence-corrected chi connectivity index (χ3v) is 3.99. The monoisotopic (exact) mass is 358 g/mol. The predicted octanol–water partition coefficient (Wildman–Crippen LogP) is 2.68. The Hall–Kier alpha value is -1.01. The summed E-state index contributed by atoms with van der Waals surface area (Å²) < 4.78 is 0.697. The molecule has 1 aromatic rings. The summed E-state index contributed by atoms with van der Waals surface area (Å²) in [7, 11) is 1.63. The number of benzene rings is 1. The molecule has 0 saturated heterocycles. The van der Waals surface area contributed by atoms with E-state index in [9.17, 15) is 9.59 Å². The van der Waals surface area contributed by atoms with Crippen molar-refractivity contribution in [2.24, 2.45) is 0 Å². The summed E-state index contributed by atoms with van der Waals surface area (Å²) in [4.78, 5) is 28.2. The number of likely N-dealkylation sites (N-methyl/N-ethyl adjacent to an activating group) is 2. The van der Waals surface area contributed by atoms with E-state index < -0.39 is 0 Å². The second kappa shape index (κ2) is 7.69. The van der Waals surface area contributed by atoms with Gasteiger partial charge in [-0.15, -0.1) is 12.6 Å². The predicted molar refractivity (Wildman–Crippen MR) is 86.3 cm³/mol.